The highest BCUT2D eigenvalue weighted by atomic mass is 19.1. The number of hydrogen-bond donors (Lipinski definition) is 1. The van der Waals surface area contributed by atoms with E-state index in [-0.39, 0.29) is 23.0 Å². The van der Waals surface area contributed by atoms with Gasteiger partial charge >= 0.3 is 0 Å². The highest BCUT2D eigenvalue weighted by Crippen LogP contribution is 2.49. The van der Waals surface area contributed by atoms with Gasteiger partial charge in [0, 0.05) is 33.8 Å². The van der Waals surface area contributed by atoms with E-state index in [1.165, 1.54) is 31.2 Å². The molecule has 1 unspecified atom stereocenters. The molecule has 1 aliphatic heterocycles. The summed E-state index contributed by atoms with van der Waals surface area (Å²) in [4.78, 5) is 1.79. The van der Waals surface area contributed by atoms with Gasteiger partial charge in [0.25, 0.3) is 0 Å². The molecule has 6 heteroatoms. The van der Waals surface area contributed by atoms with Crippen molar-refractivity contribution < 1.29 is 17.6 Å². The van der Waals surface area contributed by atoms with E-state index in [0.717, 1.165) is 41.6 Å². The van der Waals surface area contributed by atoms with E-state index in [0.29, 0.717) is 29.7 Å². The molecule has 3 atom stereocenters. The van der Waals surface area contributed by atoms with Crippen molar-refractivity contribution in [1.29, 1.82) is 0 Å². The van der Waals surface area contributed by atoms with Gasteiger partial charge in [0.15, 0.2) is 0 Å². The number of aryl methyl sites for hydroxylation is 3. The molecule has 3 aromatic carbocycles. The van der Waals surface area contributed by atoms with Gasteiger partial charge < -0.3 is 10.2 Å². The second kappa shape index (κ2) is 12.1. The number of anilines is 2. The Labute approximate surface area is 236 Å². The summed E-state index contributed by atoms with van der Waals surface area (Å²) in [6.07, 6.45) is 4.19. The normalized spacial score (nSPS) is 17.8. The topological polar surface area (TPSA) is 15.3 Å². The number of allylic oxidation sites excluding steroid dienone is 1. The molecule has 0 aliphatic carbocycles. The van der Waals surface area contributed by atoms with Crippen molar-refractivity contribution in [1.82, 2.24) is 0 Å². The Bertz CT molecular complexity index is 1390. The standard InChI is InChI=1S/C34H40F4N2/c1-8-9-10-19(2)24(7)39-32-18-31(38)27(14-22(32)5)34-12-11-33(26-13-20(3)21(4)15-30(26)37)40(34)25-16-28(35)23(6)29(36)17-25/h13-19,33-34,39H,7-12H2,1-6H3/t19-,33+,34?/m0/s1. The first-order valence-corrected chi connectivity index (χ1v) is 14.2. The molecular weight excluding hydrogens is 512 g/mol. The smallest absolute Gasteiger partial charge is 0.131 e. The zero-order valence-electron chi connectivity index (χ0n) is 24.4. The first-order valence-electron chi connectivity index (χ1n) is 14.2. The number of rotatable bonds is 9. The Balaban J connectivity index is 1.76. The van der Waals surface area contributed by atoms with Gasteiger partial charge in [0.05, 0.1) is 12.1 Å². The van der Waals surface area contributed by atoms with Crippen molar-refractivity contribution in [3.63, 3.8) is 0 Å². The summed E-state index contributed by atoms with van der Waals surface area (Å²) in [7, 11) is 0. The van der Waals surface area contributed by atoms with Crippen LogP contribution < -0.4 is 10.2 Å². The summed E-state index contributed by atoms with van der Waals surface area (Å²) < 4.78 is 60.7. The summed E-state index contributed by atoms with van der Waals surface area (Å²) >= 11 is 0. The summed E-state index contributed by atoms with van der Waals surface area (Å²) in [5.41, 5.74) is 5.10. The molecule has 4 rings (SSSR count). The van der Waals surface area contributed by atoms with Crippen LogP contribution in [0, 0.1) is 56.9 Å². The quantitative estimate of drug-likeness (QED) is 0.266. The molecule has 0 saturated carbocycles. The maximum atomic E-state index is 15.9. The fraction of sp³-hybridized carbons (Fsp3) is 0.412. The molecule has 1 heterocycles. The third-order valence-corrected chi connectivity index (χ3v) is 8.50. The van der Waals surface area contributed by atoms with E-state index < -0.39 is 29.5 Å². The van der Waals surface area contributed by atoms with E-state index >= 15 is 8.78 Å². The molecule has 1 saturated heterocycles. The lowest BCUT2D eigenvalue weighted by Crippen LogP contribution is -2.28. The van der Waals surface area contributed by atoms with E-state index in [1.807, 2.05) is 20.8 Å². The molecule has 0 amide bonds. The molecule has 0 spiro atoms. The molecule has 214 valence electrons. The molecule has 0 radical (unpaired) electrons. The minimum atomic E-state index is -0.688. The van der Waals surface area contributed by atoms with Gasteiger partial charge in [-0.2, -0.15) is 0 Å². The third kappa shape index (κ3) is 5.91. The Hall–Kier alpha value is -3.28. The number of unbranched alkanes of at least 4 members (excludes halogenated alkanes) is 1. The van der Waals surface area contributed by atoms with Gasteiger partial charge in [-0.15, -0.1) is 0 Å². The van der Waals surface area contributed by atoms with Crippen LogP contribution in [0.1, 0.15) is 91.4 Å². The Morgan fingerprint density at radius 1 is 0.825 bits per heavy atom. The van der Waals surface area contributed by atoms with Crippen LogP contribution in [0.3, 0.4) is 0 Å². The average Bonchev–Trinajstić information content (AvgIpc) is 3.34. The van der Waals surface area contributed by atoms with Gasteiger partial charge in [-0.25, -0.2) is 17.6 Å². The largest absolute Gasteiger partial charge is 0.359 e. The van der Waals surface area contributed by atoms with Gasteiger partial charge in [-0.05, 0) is 99.9 Å². The minimum absolute atomic E-state index is 0.0840. The molecule has 2 nitrogen and oxygen atoms in total. The van der Waals surface area contributed by atoms with Crippen LogP contribution in [0.5, 0.6) is 0 Å². The van der Waals surface area contributed by atoms with Gasteiger partial charge in [-0.3, -0.25) is 0 Å². The first kappa shape index (κ1) is 29.7. The van der Waals surface area contributed by atoms with Crippen molar-refractivity contribution in [2.45, 2.75) is 85.7 Å². The minimum Gasteiger partial charge on any atom is -0.359 e. The van der Waals surface area contributed by atoms with Crippen LogP contribution in [-0.2, 0) is 0 Å². The summed E-state index contributed by atoms with van der Waals surface area (Å²) in [5, 5.41) is 3.30. The third-order valence-electron chi connectivity index (χ3n) is 8.50. The Morgan fingerprint density at radius 2 is 1.35 bits per heavy atom. The van der Waals surface area contributed by atoms with Crippen molar-refractivity contribution in [2.24, 2.45) is 5.92 Å². The SMILES string of the molecule is C=C(Nc1cc(F)c(C2CC[C@H](c3cc(C)c(C)cc3F)N2c2cc(F)c(C)c(F)c2)cc1C)[C@@H](C)CCCC. The molecule has 1 N–H and O–H groups in total. The summed E-state index contributed by atoms with van der Waals surface area (Å²) in [5.74, 6) is -1.93. The van der Waals surface area contributed by atoms with Crippen molar-refractivity contribution >= 4 is 11.4 Å². The van der Waals surface area contributed by atoms with Crippen LogP contribution in [0.25, 0.3) is 0 Å². The fourth-order valence-electron chi connectivity index (χ4n) is 5.70. The van der Waals surface area contributed by atoms with Gasteiger partial charge in [0.2, 0.25) is 0 Å². The highest BCUT2D eigenvalue weighted by Gasteiger charge is 2.39. The number of nitrogens with zero attached hydrogens (tertiary/aromatic N) is 1. The molecule has 1 fully saturated rings. The van der Waals surface area contributed by atoms with Crippen molar-refractivity contribution in [3.05, 3.63) is 105 Å². The number of hydrogen-bond acceptors (Lipinski definition) is 2. The molecule has 40 heavy (non-hydrogen) atoms. The molecule has 0 aromatic heterocycles. The predicted octanol–water partition coefficient (Wildman–Crippen LogP) is 10.3. The monoisotopic (exact) mass is 552 g/mol. The van der Waals surface area contributed by atoms with E-state index in [2.05, 4.69) is 25.7 Å². The zero-order valence-corrected chi connectivity index (χ0v) is 24.4. The lowest BCUT2D eigenvalue weighted by atomic mass is 9.98. The maximum Gasteiger partial charge on any atom is 0.131 e. The van der Waals surface area contributed by atoms with Crippen LogP contribution in [0.15, 0.2) is 48.7 Å². The molecule has 0 bridgehead atoms. The number of nitrogens with one attached hydrogen (secondary N) is 1. The average molecular weight is 553 g/mol. The number of benzene rings is 3. The summed E-state index contributed by atoms with van der Waals surface area (Å²) in [6.45, 7) is 15.4. The second-order valence-corrected chi connectivity index (χ2v) is 11.4. The highest BCUT2D eigenvalue weighted by molar-refractivity contribution is 5.60. The Kier molecular flexibility index (Phi) is 8.96. The van der Waals surface area contributed by atoms with Crippen molar-refractivity contribution in [3.8, 4) is 0 Å². The number of halogens is 4. The Morgan fingerprint density at radius 3 is 1.93 bits per heavy atom. The van der Waals surface area contributed by atoms with Crippen LogP contribution in [-0.4, -0.2) is 0 Å². The van der Waals surface area contributed by atoms with Crippen LogP contribution in [0.4, 0.5) is 28.9 Å². The second-order valence-electron chi connectivity index (χ2n) is 11.4. The maximum absolute atomic E-state index is 15.9. The van der Waals surface area contributed by atoms with E-state index in [1.54, 1.807) is 17.0 Å². The lowest BCUT2D eigenvalue weighted by Gasteiger charge is -2.34. The fourth-order valence-corrected chi connectivity index (χ4v) is 5.70. The van der Waals surface area contributed by atoms with Gasteiger partial charge in [0.1, 0.15) is 23.3 Å². The van der Waals surface area contributed by atoms with E-state index in [4.69, 9.17) is 0 Å². The zero-order chi connectivity index (χ0) is 29.3. The van der Waals surface area contributed by atoms with Crippen LogP contribution in [0.2, 0.25) is 0 Å². The molecule has 1 aliphatic rings. The predicted molar refractivity (Wildman–Crippen MR) is 157 cm³/mol. The lowest BCUT2D eigenvalue weighted by molar-refractivity contribution is 0.549. The van der Waals surface area contributed by atoms with Crippen molar-refractivity contribution in [2.75, 3.05) is 10.2 Å². The van der Waals surface area contributed by atoms with Gasteiger partial charge in [-0.1, -0.05) is 39.3 Å². The van der Waals surface area contributed by atoms with E-state index in [9.17, 15) is 8.78 Å². The van der Waals surface area contributed by atoms with Crippen LogP contribution >= 0.6 is 0 Å². The first-order chi connectivity index (χ1) is 18.9. The molecule has 3 aromatic rings. The summed E-state index contributed by atoms with van der Waals surface area (Å²) in [6, 6.07) is 8.04. The molecular formula is C34H40F4N2.